The molecule has 5 rings (SSSR count). The molecule has 1 aliphatic rings. The molecule has 10 nitrogen and oxygen atoms in total. The lowest BCUT2D eigenvalue weighted by Gasteiger charge is -2.20. The fourth-order valence-electron chi connectivity index (χ4n) is 3.28. The number of carbonyl (C=O) groups is 1. The molecular weight excluding hydrogens is 442 g/mol. The summed E-state index contributed by atoms with van der Waals surface area (Å²) in [6.45, 7) is 0. The number of hydrogen-bond acceptors (Lipinski definition) is 10. The van der Waals surface area contributed by atoms with Crippen LogP contribution in [-0.4, -0.2) is 16.9 Å². The van der Waals surface area contributed by atoms with E-state index in [9.17, 15) is 4.79 Å². The Morgan fingerprint density at radius 2 is 2.06 bits per heavy atom. The molecule has 166 valence electrons. The fourth-order valence-corrected chi connectivity index (χ4v) is 3.97. The second-order valence-electron chi connectivity index (χ2n) is 6.98. The predicted octanol–water partition coefficient (Wildman–Crippen LogP) is 2.77. The van der Waals surface area contributed by atoms with Crippen LogP contribution in [0.5, 0.6) is 5.88 Å². The molecule has 0 radical (unpaired) electrons. The van der Waals surface area contributed by atoms with Crippen molar-refractivity contribution in [2.24, 2.45) is 5.10 Å². The predicted molar refractivity (Wildman–Crippen MR) is 124 cm³/mol. The number of hydrazine groups is 2. The maximum atomic E-state index is 13.1. The first-order valence-electron chi connectivity index (χ1n) is 9.92. The Bertz CT molecular complexity index is 1280. The highest BCUT2D eigenvalue weighted by atomic mass is 32.1. The third kappa shape index (κ3) is 4.35. The molecule has 33 heavy (non-hydrogen) atoms. The molecule has 0 saturated heterocycles. The number of nitrogens with one attached hydrogen (secondary N) is 4. The minimum absolute atomic E-state index is 0.138. The van der Waals surface area contributed by atoms with Gasteiger partial charge in [0.25, 0.3) is 5.91 Å². The summed E-state index contributed by atoms with van der Waals surface area (Å²) in [5.74, 6) is -0.110. The van der Waals surface area contributed by atoms with Crippen LogP contribution >= 0.6 is 11.3 Å². The number of guanidine groups is 1. The highest BCUT2D eigenvalue weighted by Gasteiger charge is 2.27. The van der Waals surface area contributed by atoms with Crippen molar-refractivity contribution in [2.45, 2.75) is 6.10 Å². The maximum Gasteiger partial charge on any atom is 0.272 e. The monoisotopic (exact) mass is 461 g/mol. The number of nitrogen functional groups attached to an aromatic ring is 1. The quantitative estimate of drug-likeness (QED) is 0.295. The van der Waals surface area contributed by atoms with Crippen LogP contribution < -0.4 is 32.3 Å². The molecule has 11 heteroatoms. The summed E-state index contributed by atoms with van der Waals surface area (Å²) in [4.78, 5) is 18.7. The van der Waals surface area contributed by atoms with E-state index in [4.69, 9.17) is 14.9 Å². The zero-order valence-electron chi connectivity index (χ0n) is 17.1. The number of ether oxygens (including phenoxy) is 1. The number of nitrogens with zero attached hydrogens (tertiary/aromatic N) is 2. The molecule has 0 bridgehead atoms. The molecule has 4 aromatic rings. The molecule has 0 fully saturated rings. The molecule has 0 saturated carbocycles. The van der Waals surface area contributed by atoms with Crippen molar-refractivity contribution in [1.82, 2.24) is 26.8 Å². The summed E-state index contributed by atoms with van der Waals surface area (Å²) in [7, 11) is 0. The average Bonchev–Trinajstić information content (AvgIpc) is 3.63. The SMILES string of the molecule is Nc1c(-c2ccoc2)cc(-c2cccs2)nc1OC(C(=O)NC1=NNNN1)c1ccccc1. The number of hydrazone groups is 1. The van der Waals surface area contributed by atoms with Crippen LogP contribution in [0.4, 0.5) is 5.69 Å². The number of nitrogens with two attached hydrogens (primary N) is 1. The zero-order chi connectivity index (χ0) is 22.6. The smallest absolute Gasteiger partial charge is 0.272 e. The normalized spacial score (nSPS) is 13.5. The summed E-state index contributed by atoms with van der Waals surface area (Å²) < 4.78 is 11.4. The van der Waals surface area contributed by atoms with Crippen molar-refractivity contribution in [1.29, 1.82) is 0 Å². The lowest BCUT2D eigenvalue weighted by molar-refractivity contribution is -0.126. The molecule has 1 aromatic carbocycles. The minimum atomic E-state index is -1.04. The van der Waals surface area contributed by atoms with E-state index in [2.05, 4.69) is 31.9 Å². The molecule has 1 unspecified atom stereocenters. The molecular formula is C22H19N7O3S. The number of anilines is 1. The summed E-state index contributed by atoms with van der Waals surface area (Å²) in [5.41, 5.74) is 17.3. The van der Waals surface area contributed by atoms with Crippen LogP contribution in [0.2, 0.25) is 0 Å². The Balaban J connectivity index is 1.56. The topological polar surface area (TPSA) is 139 Å². The van der Waals surface area contributed by atoms with Gasteiger partial charge in [-0.15, -0.1) is 22.0 Å². The van der Waals surface area contributed by atoms with Crippen LogP contribution in [0.25, 0.3) is 21.7 Å². The van der Waals surface area contributed by atoms with E-state index in [-0.39, 0.29) is 11.8 Å². The zero-order valence-corrected chi connectivity index (χ0v) is 17.9. The summed E-state index contributed by atoms with van der Waals surface area (Å²) in [6, 6.07) is 16.7. The largest absolute Gasteiger partial charge is 0.472 e. The van der Waals surface area contributed by atoms with E-state index in [0.29, 0.717) is 22.5 Å². The Kier molecular flexibility index (Phi) is 5.62. The van der Waals surface area contributed by atoms with E-state index in [1.165, 1.54) is 11.3 Å². The lowest BCUT2D eigenvalue weighted by atomic mass is 10.1. The summed E-state index contributed by atoms with van der Waals surface area (Å²) in [6.07, 6.45) is 2.12. The van der Waals surface area contributed by atoms with Crippen molar-refractivity contribution in [2.75, 3.05) is 5.73 Å². The first-order chi connectivity index (χ1) is 16.2. The third-order valence-electron chi connectivity index (χ3n) is 4.85. The number of thiophene rings is 1. The number of pyridine rings is 1. The van der Waals surface area contributed by atoms with E-state index >= 15 is 0 Å². The van der Waals surface area contributed by atoms with E-state index in [1.807, 2.05) is 41.8 Å². The lowest BCUT2D eigenvalue weighted by Crippen LogP contribution is -2.45. The fraction of sp³-hybridized carbons (Fsp3) is 0.0455. The Morgan fingerprint density at radius 3 is 2.76 bits per heavy atom. The standard InChI is InChI=1S/C22H19N7O3S/c23-18-15(14-8-9-31-12-14)11-16(17-7-4-10-33-17)24-21(18)32-19(13-5-2-1-3-6-13)20(30)25-22-26-28-29-27-22/h1-12,19,28-29H,23H2,(H2,25,26,27,30). The van der Waals surface area contributed by atoms with Crippen molar-refractivity contribution in [3.05, 3.63) is 78.1 Å². The number of amides is 1. The first-order valence-corrected chi connectivity index (χ1v) is 10.8. The van der Waals surface area contributed by atoms with Crippen LogP contribution in [0.1, 0.15) is 11.7 Å². The Morgan fingerprint density at radius 1 is 1.18 bits per heavy atom. The molecule has 0 aliphatic carbocycles. The van der Waals surface area contributed by atoms with Gasteiger partial charge in [-0.05, 0) is 23.6 Å². The number of rotatable bonds is 6. The summed E-state index contributed by atoms with van der Waals surface area (Å²) in [5, 5.41) is 8.51. The summed E-state index contributed by atoms with van der Waals surface area (Å²) >= 11 is 1.54. The number of aromatic nitrogens is 1. The first kappa shape index (κ1) is 20.5. The van der Waals surface area contributed by atoms with E-state index in [1.54, 1.807) is 30.7 Å². The second-order valence-corrected chi connectivity index (χ2v) is 7.93. The minimum Gasteiger partial charge on any atom is -0.472 e. The number of furan rings is 1. The van der Waals surface area contributed by atoms with Gasteiger partial charge < -0.3 is 14.9 Å². The highest BCUT2D eigenvalue weighted by Crippen LogP contribution is 2.38. The Labute approximate surface area is 192 Å². The van der Waals surface area contributed by atoms with Gasteiger partial charge in [-0.3, -0.25) is 15.5 Å². The van der Waals surface area contributed by atoms with Crippen LogP contribution in [0.3, 0.4) is 0 Å². The van der Waals surface area contributed by atoms with Crippen LogP contribution in [0.15, 0.2) is 82.0 Å². The van der Waals surface area contributed by atoms with Crippen molar-refractivity contribution in [3.63, 3.8) is 0 Å². The van der Waals surface area contributed by atoms with Gasteiger partial charge in [0.15, 0.2) is 0 Å². The van der Waals surface area contributed by atoms with Gasteiger partial charge in [-0.25, -0.2) is 10.5 Å². The van der Waals surface area contributed by atoms with E-state index < -0.39 is 12.0 Å². The van der Waals surface area contributed by atoms with Gasteiger partial charge in [0.05, 0.1) is 23.1 Å². The third-order valence-corrected chi connectivity index (χ3v) is 5.74. The number of benzene rings is 1. The van der Waals surface area contributed by atoms with E-state index in [0.717, 1.165) is 10.4 Å². The van der Waals surface area contributed by atoms with Gasteiger partial charge >= 0.3 is 0 Å². The van der Waals surface area contributed by atoms with Gasteiger partial charge in [0, 0.05) is 16.7 Å². The van der Waals surface area contributed by atoms with Crippen LogP contribution in [0, 0.1) is 0 Å². The van der Waals surface area contributed by atoms with Gasteiger partial charge in [-0.2, -0.15) is 0 Å². The number of hydrogen-bond donors (Lipinski definition) is 5. The number of carbonyl (C=O) groups excluding carboxylic acids is 1. The van der Waals surface area contributed by atoms with Crippen molar-refractivity contribution < 1.29 is 13.9 Å². The van der Waals surface area contributed by atoms with Crippen molar-refractivity contribution in [3.8, 4) is 27.6 Å². The van der Waals surface area contributed by atoms with Gasteiger partial charge in [0.1, 0.15) is 5.69 Å². The molecule has 1 atom stereocenters. The maximum absolute atomic E-state index is 13.1. The van der Waals surface area contributed by atoms with Gasteiger partial charge in [-0.1, -0.05) is 36.4 Å². The van der Waals surface area contributed by atoms with Crippen molar-refractivity contribution >= 4 is 28.9 Å². The molecule has 3 aromatic heterocycles. The van der Waals surface area contributed by atoms with Crippen LogP contribution in [-0.2, 0) is 4.79 Å². The highest BCUT2D eigenvalue weighted by molar-refractivity contribution is 7.13. The molecule has 1 amide bonds. The molecule has 4 heterocycles. The second kappa shape index (κ2) is 9.02. The van der Waals surface area contributed by atoms with Gasteiger partial charge in [0.2, 0.25) is 17.9 Å². The Hall–Kier alpha value is -4.35. The molecule has 6 N–H and O–H groups in total. The average molecular weight is 462 g/mol. The molecule has 1 aliphatic heterocycles. The molecule has 0 spiro atoms.